The number of sulfonamides is 1. The first-order valence-corrected chi connectivity index (χ1v) is 7.86. The number of nitrogens with two attached hydrogens (primary N) is 2. The van der Waals surface area contributed by atoms with Gasteiger partial charge in [-0.05, 0) is 49.4 Å². The van der Waals surface area contributed by atoms with Gasteiger partial charge in [0.05, 0.1) is 11.5 Å². The number of primary sulfonamides is 1. The molecule has 0 saturated heterocycles. The lowest BCUT2D eigenvalue weighted by atomic mass is 10.2. The van der Waals surface area contributed by atoms with Crippen LogP contribution in [-0.2, 0) is 10.0 Å². The van der Waals surface area contributed by atoms with Crippen molar-refractivity contribution in [1.82, 2.24) is 0 Å². The Balaban J connectivity index is 2.25. The first kappa shape index (κ1) is 15.1. The van der Waals surface area contributed by atoms with Crippen LogP contribution in [0.4, 0.5) is 17.1 Å². The van der Waals surface area contributed by atoms with Crippen LogP contribution in [0.25, 0.3) is 0 Å². The number of hydrogen-bond acceptors (Lipinski definition) is 5. The van der Waals surface area contributed by atoms with Gasteiger partial charge in [-0.15, -0.1) is 0 Å². The number of anilines is 3. The Kier molecular flexibility index (Phi) is 4.35. The van der Waals surface area contributed by atoms with Gasteiger partial charge in [-0.1, -0.05) is 0 Å². The molecule has 0 atom stereocenters. The second kappa shape index (κ2) is 6.02. The third kappa shape index (κ3) is 4.11. The molecule has 0 bridgehead atoms. The Morgan fingerprint density at radius 3 is 2.33 bits per heavy atom. The predicted molar refractivity (Wildman–Crippen MR) is 83.1 cm³/mol. The fourth-order valence-electron chi connectivity index (χ4n) is 1.83. The van der Waals surface area contributed by atoms with E-state index in [1.165, 1.54) is 12.1 Å². The molecule has 0 saturated carbocycles. The van der Waals surface area contributed by atoms with Gasteiger partial charge < -0.3 is 15.8 Å². The van der Waals surface area contributed by atoms with E-state index in [2.05, 4.69) is 5.32 Å². The zero-order valence-corrected chi connectivity index (χ0v) is 12.4. The first-order chi connectivity index (χ1) is 9.88. The van der Waals surface area contributed by atoms with Gasteiger partial charge in [0.15, 0.2) is 0 Å². The van der Waals surface area contributed by atoms with Crippen molar-refractivity contribution in [3.05, 3.63) is 42.5 Å². The summed E-state index contributed by atoms with van der Waals surface area (Å²) in [6.07, 6.45) is 0. The van der Waals surface area contributed by atoms with E-state index in [0.717, 1.165) is 11.4 Å². The van der Waals surface area contributed by atoms with Crippen molar-refractivity contribution in [2.75, 3.05) is 17.7 Å². The normalized spacial score (nSPS) is 11.1. The van der Waals surface area contributed by atoms with Crippen LogP contribution in [0.3, 0.4) is 0 Å². The second-order valence-corrected chi connectivity index (χ2v) is 5.98. The van der Waals surface area contributed by atoms with Crippen molar-refractivity contribution in [3.63, 3.8) is 0 Å². The Morgan fingerprint density at radius 2 is 1.76 bits per heavy atom. The first-order valence-electron chi connectivity index (χ1n) is 6.32. The molecule has 2 rings (SSSR count). The highest BCUT2D eigenvalue weighted by atomic mass is 32.2. The van der Waals surface area contributed by atoms with E-state index in [1.54, 1.807) is 6.07 Å². The van der Waals surface area contributed by atoms with Gasteiger partial charge in [0.1, 0.15) is 5.75 Å². The van der Waals surface area contributed by atoms with Crippen molar-refractivity contribution < 1.29 is 13.2 Å². The molecule has 0 aliphatic heterocycles. The number of rotatable bonds is 5. The molecule has 0 aliphatic carbocycles. The average Bonchev–Trinajstić information content (AvgIpc) is 2.40. The van der Waals surface area contributed by atoms with Crippen molar-refractivity contribution in [1.29, 1.82) is 0 Å². The molecule has 0 aliphatic rings. The van der Waals surface area contributed by atoms with Crippen molar-refractivity contribution in [2.24, 2.45) is 5.14 Å². The fourth-order valence-corrected chi connectivity index (χ4v) is 2.42. The molecule has 5 N–H and O–H groups in total. The van der Waals surface area contributed by atoms with Crippen LogP contribution in [0.1, 0.15) is 6.92 Å². The molecule has 0 fully saturated rings. The summed E-state index contributed by atoms with van der Waals surface area (Å²) in [4.78, 5) is -0.0315. The minimum atomic E-state index is -3.79. The summed E-state index contributed by atoms with van der Waals surface area (Å²) in [5, 5.41) is 8.18. The molecule has 0 heterocycles. The van der Waals surface area contributed by atoms with Crippen molar-refractivity contribution >= 4 is 27.1 Å². The van der Waals surface area contributed by atoms with Crippen LogP contribution in [0, 0.1) is 0 Å². The number of ether oxygens (including phenoxy) is 1. The maximum atomic E-state index is 11.4. The highest BCUT2D eigenvalue weighted by molar-refractivity contribution is 7.89. The van der Waals surface area contributed by atoms with Gasteiger partial charge in [0.2, 0.25) is 10.0 Å². The van der Waals surface area contributed by atoms with Crippen LogP contribution < -0.4 is 20.9 Å². The summed E-state index contributed by atoms with van der Waals surface area (Å²) in [6, 6.07) is 11.7. The van der Waals surface area contributed by atoms with E-state index in [-0.39, 0.29) is 4.90 Å². The summed E-state index contributed by atoms with van der Waals surface area (Å²) >= 11 is 0. The molecule has 0 amide bonds. The highest BCUT2D eigenvalue weighted by Crippen LogP contribution is 2.24. The Hall–Kier alpha value is -2.25. The molecule has 0 unspecified atom stereocenters. The maximum Gasteiger partial charge on any atom is 0.238 e. The largest absolute Gasteiger partial charge is 0.494 e. The average molecular weight is 307 g/mol. The van der Waals surface area contributed by atoms with Gasteiger partial charge >= 0.3 is 0 Å². The topological polar surface area (TPSA) is 107 Å². The van der Waals surface area contributed by atoms with Crippen LogP contribution in [0.15, 0.2) is 47.4 Å². The lowest BCUT2D eigenvalue weighted by Gasteiger charge is -2.10. The summed E-state index contributed by atoms with van der Waals surface area (Å²) < 4.78 is 28.1. The van der Waals surface area contributed by atoms with Gasteiger partial charge in [-0.2, -0.15) is 0 Å². The van der Waals surface area contributed by atoms with E-state index in [4.69, 9.17) is 15.6 Å². The molecule has 0 radical (unpaired) electrons. The smallest absolute Gasteiger partial charge is 0.238 e. The summed E-state index contributed by atoms with van der Waals surface area (Å²) in [5.41, 5.74) is 7.33. The Morgan fingerprint density at radius 1 is 1.10 bits per heavy atom. The van der Waals surface area contributed by atoms with Crippen LogP contribution in [0.5, 0.6) is 5.75 Å². The van der Waals surface area contributed by atoms with Crippen LogP contribution >= 0.6 is 0 Å². The molecule has 112 valence electrons. The third-order valence-corrected chi connectivity index (χ3v) is 3.60. The van der Waals surface area contributed by atoms with Gasteiger partial charge in [-0.3, -0.25) is 0 Å². The molecule has 6 nitrogen and oxygen atoms in total. The zero-order valence-electron chi connectivity index (χ0n) is 11.5. The lowest BCUT2D eigenvalue weighted by molar-refractivity contribution is 0.340. The Labute approximate surface area is 123 Å². The number of benzene rings is 2. The fraction of sp³-hybridized carbons (Fsp3) is 0.143. The summed E-state index contributed by atoms with van der Waals surface area (Å²) in [7, 11) is -3.79. The van der Waals surface area contributed by atoms with Crippen LogP contribution in [0.2, 0.25) is 0 Å². The van der Waals surface area contributed by atoms with Crippen molar-refractivity contribution in [2.45, 2.75) is 11.8 Å². The quantitative estimate of drug-likeness (QED) is 0.733. The standard InChI is InChI=1S/C14H17N3O3S/c1-2-20-13-5-3-11(4-6-13)17-12-7-10(15)8-14(9-12)21(16,18)19/h3-9,17H,2,15H2,1H3,(H2,16,18,19). The molecule has 0 spiro atoms. The summed E-state index contributed by atoms with van der Waals surface area (Å²) in [6.45, 7) is 2.51. The van der Waals surface area contributed by atoms with E-state index < -0.39 is 10.0 Å². The van der Waals surface area contributed by atoms with E-state index >= 15 is 0 Å². The van der Waals surface area contributed by atoms with Crippen molar-refractivity contribution in [3.8, 4) is 5.75 Å². The van der Waals surface area contributed by atoms with Gasteiger partial charge in [0, 0.05) is 17.1 Å². The SMILES string of the molecule is CCOc1ccc(Nc2cc(N)cc(S(N)(=O)=O)c2)cc1. The van der Waals surface area contributed by atoms with E-state index in [9.17, 15) is 8.42 Å². The van der Waals surface area contributed by atoms with Gasteiger partial charge in [-0.25, -0.2) is 13.6 Å². The van der Waals surface area contributed by atoms with Gasteiger partial charge in [0.25, 0.3) is 0 Å². The molecular weight excluding hydrogens is 290 g/mol. The minimum absolute atomic E-state index is 0.0315. The van der Waals surface area contributed by atoms with E-state index in [0.29, 0.717) is 18.0 Å². The highest BCUT2D eigenvalue weighted by Gasteiger charge is 2.10. The van der Waals surface area contributed by atoms with Crippen LogP contribution in [-0.4, -0.2) is 15.0 Å². The zero-order chi connectivity index (χ0) is 15.5. The molecule has 0 aromatic heterocycles. The molecular formula is C14H17N3O3S. The molecule has 2 aromatic carbocycles. The van der Waals surface area contributed by atoms with E-state index in [1.807, 2.05) is 31.2 Å². The molecule has 2 aromatic rings. The third-order valence-electron chi connectivity index (χ3n) is 2.71. The molecule has 7 heteroatoms. The lowest BCUT2D eigenvalue weighted by Crippen LogP contribution is -2.12. The number of nitrogens with one attached hydrogen (secondary N) is 1. The monoisotopic (exact) mass is 307 g/mol. The Bertz CT molecular complexity index is 728. The summed E-state index contributed by atoms with van der Waals surface area (Å²) in [5.74, 6) is 0.765. The number of nitrogen functional groups attached to an aromatic ring is 1. The molecule has 21 heavy (non-hydrogen) atoms. The minimum Gasteiger partial charge on any atom is -0.494 e. The number of hydrogen-bond donors (Lipinski definition) is 3. The maximum absolute atomic E-state index is 11.4. The second-order valence-electron chi connectivity index (χ2n) is 4.42. The predicted octanol–water partition coefficient (Wildman–Crippen LogP) is 2.06.